The number of hydrogen-bond acceptors (Lipinski definition) is 3. The minimum absolute atomic E-state index is 0.334. The molecule has 3 rings (SSSR count). The van der Waals surface area contributed by atoms with Gasteiger partial charge in [0.1, 0.15) is 11.5 Å². The van der Waals surface area contributed by atoms with Gasteiger partial charge in [0.05, 0.1) is 12.9 Å². The molecular weight excluding hydrogens is 318 g/mol. The Morgan fingerprint density at radius 3 is 3.10 bits per heavy atom. The molecule has 3 nitrogen and oxygen atoms in total. The molecule has 1 aliphatic rings. The van der Waals surface area contributed by atoms with Crippen LogP contribution in [0.5, 0.6) is 5.75 Å². The molecule has 0 aliphatic carbocycles. The highest BCUT2D eigenvalue weighted by Gasteiger charge is 2.23. The average Bonchev–Trinajstić information content (AvgIpc) is 2.92. The lowest BCUT2D eigenvalue weighted by atomic mass is 9.99. The first-order chi connectivity index (χ1) is 9.72. The first-order valence-electron chi connectivity index (χ1n) is 6.93. The van der Waals surface area contributed by atoms with Gasteiger partial charge in [0, 0.05) is 35.0 Å². The summed E-state index contributed by atoms with van der Waals surface area (Å²) in [6.07, 6.45) is 3.61. The second-order valence-electron chi connectivity index (χ2n) is 5.22. The van der Waals surface area contributed by atoms with Crippen LogP contribution in [-0.2, 0) is 6.42 Å². The van der Waals surface area contributed by atoms with E-state index in [2.05, 4.69) is 34.2 Å². The second kappa shape index (κ2) is 6.02. The van der Waals surface area contributed by atoms with Crippen LogP contribution < -0.4 is 10.1 Å². The van der Waals surface area contributed by atoms with Gasteiger partial charge in [-0.3, -0.25) is 0 Å². The smallest absolute Gasteiger partial charge is 0.124 e. The molecule has 0 saturated carbocycles. The van der Waals surface area contributed by atoms with Crippen LogP contribution in [0, 0.1) is 0 Å². The number of furan rings is 1. The summed E-state index contributed by atoms with van der Waals surface area (Å²) in [5.41, 5.74) is 1.23. The van der Waals surface area contributed by atoms with Crippen molar-refractivity contribution in [3.63, 3.8) is 0 Å². The van der Waals surface area contributed by atoms with Crippen LogP contribution in [0.1, 0.15) is 30.7 Å². The summed E-state index contributed by atoms with van der Waals surface area (Å²) in [5.74, 6) is 2.01. The molecule has 0 saturated heterocycles. The lowest BCUT2D eigenvalue weighted by Gasteiger charge is -2.29. The van der Waals surface area contributed by atoms with E-state index in [0.717, 1.165) is 35.4 Å². The van der Waals surface area contributed by atoms with Gasteiger partial charge in [-0.2, -0.15) is 0 Å². The summed E-state index contributed by atoms with van der Waals surface area (Å²) < 4.78 is 12.2. The molecule has 0 spiro atoms. The van der Waals surface area contributed by atoms with E-state index in [-0.39, 0.29) is 0 Å². The predicted octanol–water partition coefficient (Wildman–Crippen LogP) is 4.09. The van der Waals surface area contributed by atoms with Gasteiger partial charge in [-0.05, 0) is 37.3 Å². The quantitative estimate of drug-likeness (QED) is 0.913. The van der Waals surface area contributed by atoms with Crippen LogP contribution in [-0.4, -0.2) is 12.6 Å². The summed E-state index contributed by atoms with van der Waals surface area (Å²) in [6, 6.07) is 10.8. The Morgan fingerprint density at radius 2 is 2.30 bits per heavy atom. The third kappa shape index (κ3) is 3.07. The van der Waals surface area contributed by atoms with E-state index in [1.54, 1.807) is 6.26 Å². The number of rotatable bonds is 4. The van der Waals surface area contributed by atoms with E-state index in [4.69, 9.17) is 9.15 Å². The molecule has 1 N–H and O–H groups in total. The van der Waals surface area contributed by atoms with E-state index < -0.39 is 0 Å². The molecule has 106 valence electrons. The normalized spacial score (nSPS) is 19.2. The maximum absolute atomic E-state index is 5.72. The van der Waals surface area contributed by atoms with Crippen molar-refractivity contribution in [3.8, 4) is 5.75 Å². The van der Waals surface area contributed by atoms with Crippen LogP contribution in [0.15, 0.2) is 45.5 Å². The number of halogens is 1. The molecule has 0 bridgehead atoms. The Bertz CT molecular complexity index is 568. The van der Waals surface area contributed by atoms with Crippen molar-refractivity contribution in [3.05, 3.63) is 52.4 Å². The summed E-state index contributed by atoms with van der Waals surface area (Å²) in [5, 5.41) is 3.68. The lowest BCUT2D eigenvalue weighted by molar-refractivity contribution is 0.244. The largest absolute Gasteiger partial charge is 0.493 e. The zero-order chi connectivity index (χ0) is 13.9. The highest BCUT2D eigenvalue weighted by molar-refractivity contribution is 9.10. The highest BCUT2D eigenvalue weighted by Crippen LogP contribution is 2.34. The Hall–Kier alpha value is -1.26. The fourth-order valence-electron chi connectivity index (χ4n) is 2.67. The molecule has 4 heteroatoms. The summed E-state index contributed by atoms with van der Waals surface area (Å²) in [4.78, 5) is 0. The van der Waals surface area contributed by atoms with Gasteiger partial charge in [0.15, 0.2) is 0 Å². The number of ether oxygens (including phenoxy) is 1. The molecule has 2 unspecified atom stereocenters. The molecule has 2 aromatic rings. The first-order valence-corrected chi connectivity index (χ1v) is 7.72. The van der Waals surface area contributed by atoms with Crippen molar-refractivity contribution < 1.29 is 9.15 Å². The third-order valence-electron chi connectivity index (χ3n) is 3.58. The van der Waals surface area contributed by atoms with E-state index >= 15 is 0 Å². The van der Waals surface area contributed by atoms with Gasteiger partial charge < -0.3 is 14.5 Å². The molecule has 0 fully saturated rings. The van der Waals surface area contributed by atoms with Crippen LogP contribution in [0.2, 0.25) is 0 Å². The Morgan fingerprint density at radius 1 is 1.40 bits per heavy atom. The van der Waals surface area contributed by atoms with Gasteiger partial charge in [-0.15, -0.1) is 0 Å². The number of fused-ring (bicyclic) bond motifs is 1. The second-order valence-corrected chi connectivity index (χ2v) is 6.14. The number of nitrogens with one attached hydrogen (secondary N) is 1. The lowest BCUT2D eigenvalue weighted by Crippen LogP contribution is -2.35. The molecule has 1 aromatic carbocycles. The van der Waals surface area contributed by atoms with Crippen molar-refractivity contribution in [1.82, 2.24) is 5.32 Å². The SMILES string of the molecule is CC(Cc1ccco1)NC1CCOc2ccc(Br)cc21. The monoisotopic (exact) mass is 335 g/mol. The average molecular weight is 336 g/mol. The van der Waals surface area contributed by atoms with Crippen molar-refractivity contribution in [1.29, 1.82) is 0 Å². The van der Waals surface area contributed by atoms with Crippen LogP contribution in [0.4, 0.5) is 0 Å². The minimum atomic E-state index is 0.334. The van der Waals surface area contributed by atoms with Crippen LogP contribution in [0.25, 0.3) is 0 Å². The molecular formula is C16H18BrNO2. The van der Waals surface area contributed by atoms with Gasteiger partial charge in [-0.25, -0.2) is 0 Å². The van der Waals surface area contributed by atoms with E-state index in [1.807, 2.05) is 24.3 Å². The van der Waals surface area contributed by atoms with Crippen molar-refractivity contribution in [2.24, 2.45) is 0 Å². The fraction of sp³-hybridized carbons (Fsp3) is 0.375. The van der Waals surface area contributed by atoms with E-state index in [9.17, 15) is 0 Å². The fourth-order valence-corrected chi connectivity index (χ4v) is 3.05. The van der Waals surface area contributed by atoms with Gasteiger partial charge in [-0.1, -0.05) is 15.9 Å². The zero-order valence-corrected chi connectivity index (χ0v) is 13.0. The van der Waals surface area contributed by atoms with Crippen LogP contribution in [0.3, 0.4) is 0 Å². The maximum atomic E-state index is 5.72. The van der Waals surface area contributed by atoms with Gasteiger partial charge >= 0.3 is 0 Å². The highest BCUT2D eigenvalue weighted by atomic mass is 79.9. The van der Waals surface area contributed by atoms with E-state index in [1.165, 1.54) is 5.56 Å². The predicted molar refractivity (Wildman–Crippen MR) is 82.0 cm³/mol. The summed E-state index contributed by atoms with van der Waals surface area (Å²) in [7, 11) is 0. The molecule has 0 amide bonds. The summed E-state index contributed by atoms with van der Waals surface area (Å²) >= 11 is 3.53. The van der Waals surface area contributed by atoms with Crippen molar-refractivity contribution in [2.75, 3.05) is 6.61 Å². The Kier molecular flexibility index (Phi) is 4.13. The first kappa shape index (κ1) is 13.7. The van der Waals surface area contributed by atoms with E-state index in [0.29, 0.717) is 12.1 Å². The third-order valence-corrected chi connectivity index (χ3v) is 4.08. The molecule has 20 heavy (non-hydrogen) atoms. The molecule has 1 aliphatic heterocycles. The Labute approximate surface area is 127 Å². The van der Waals surface area contributed by atoms with Crippen molar-refractivity contribution >= 4 is 15.9 Å². The zero-order valence-electron chi connectivity index (χ0n) is 11.4. The van der Waals surface area contributed by atoms with Crippen LogP contribution >= 0.6 is 15.9 Å². The summed E-state index contributed by atoms with van der Waals surface area (Å²) in [6.45, 7) is 2.95. The van der Waals surface area contributed by atoms with Crippen molar-refractivity contribution in [2.45, 2.75) is 31.8 Å². The molecule has 2 heterocycles. The molecule has 0 radical (unpaired) electrons. The number of hydrogen-bond donors (Lipinski definition) is 1. The number of benzene rings is 1. The van der Waals surface area contributed by atoms with Gasteiger partial charge in [0.25, 0.3) is 0 Å². The standard InChI is InChI=1S/C16H18BrNO2/c1-11(9-13-3-2-7-19-13)18-15-6-8-20-16-5-4-12(17)10-14(15)16/h2-5,7,10-11,15,18H,6,8-9H2,1H3. The maximum Gasteiger partial charge on any atom is 0.124 e. The minimum Gasteiger partial charge on any atom is -0.493 e. The Balaban J connectivity index is 1.71. The molecule has 2 atom stereocenters. The van der Waals surface area contributed by atoms with Gasteiger partial charge in [0.2, 0.25) is 0 Å². The topological polar surface area (TPSA) is 34.4 Å². The molecule has 1 aromatic heterocycles.